The first-order valence-electron chi connectivity index (χ1n) is 7.29. The highest BCUT2D eigenvalue weighted by Gasteiger charge is 2.22. The van der Waals surface area contributed by atoms with Gasteiger partial charge < -0.3 is 15.6 Å². The fraction of sp³-hybridized carbons (Fsp3) is 1.00. The average molecular weight is 241 g/mol. The first-order chi connectivity index (χ1) is 8.24. The van der Waals surface area contributed by atoms with Crippen molar-refractivity contribution in [3.05, 3.63) is 0 Å². The monoisotopic (exact) mass is 241 g/mol. The normalized spacial score (nSPS) is 32.8. The van der Waals surface area contributed by atoms with Gasteiger partial charge in [0, 0.05) is 6.04 Å². The Morgan fingerprint density at radius 1 is 1.06 bits per heavy atom. The molecule has 2 fully saturated rings. The molecule has 0 aliphatic heterocycles. The third-order valence-corrected chi connectivity index (χ3v) is 4.32. The van der Waals surface area contributed by atoms with Crippen LogP contribution < -0.4 is 5.73 Å². The van der Waals surface area contributed by atoms with Gasteiger partial charge in [0.1, 0.15) is 0 Å². The minimum absolute atomic E-state index is 0.256. The van der Waals surface area contributed by atoms with Gasteiger partial charge in [0.05, 0.1) is 18.8 Å². The SMILES string of the molecule is NC1CCC(OCC(O)CC2CCCC2)CC1. The van der Waals surface area contributed by atoms with Gasteiger partial charge in [0.15, 0.2) is 0 Å². The Morgan fingerprint density at radius 2 is 1.71 bits per heavy atom. The van der Waals surface area contributed by atoms with Crippen molar-refractivity contribution in [2.45, 2.75) is 76.0 Å². The van der Waals surface area contributed by atoms with Crippen molar-refractivity contribution in [1.82, 2.24) is 0 Å². The zero-order valence-electron chi connectivity index (χ0n) is 10.8. The molecule has 3 N–H and O–H groups in total. The van der Waals surface area contributed by atoms with Crippen molar-refractivity contribution in [3.8, 4) is 0 Å². The summed E-state index contributed by atoms with van der Waals surface area (Å²) < 4.78 is 5.80. The third kappa shape index (κ3) is 4.57. The van der Waals surface area contributed by atoms with Crippen molar-refractivity contribution in [2.75, 3.05) is 6.61 Å². The van der Waals surface area contributed by atoms with Gasteiger partial charge >= 0.3 is 0 Å². The molecule has 3 heteroatoms. The molecule has 0 heterocycles. The lowest BCUT2D eigenvalue weighted by molar-refractivity contribution is -0.0317. The summed E-state index contributed by atoms with van der Waals surface area (Å²) in [5, 5.41) is 9.94. The Kier molecular flexibility index (Phi) is 5.26. The standard InChI is InChI=1S/C14H27NO2/c15-12-5-7-14(8-6-12)17-10-13(16)9-11-3-1-2-4-11/h11-14,16H,1-10,15H2. The lowest BCUT2D eigenvalue weighted by atomic mass is 9.93. The van der Waals surface area contributed by atoms with Gasteiger partial charge in [-0.05, 0) is 38.0 Å². The molecule has 0 spiro atoms. The maximum absolute atomic E-state index is 9.94. The first kappa shape index (κ1) is 13.3. The highest BCUT2D eigenvalue weighted by Crippen LogP contribution is 2.29. The zero-order chi connectivity index (χ0) is 12.1. The van der Waals surface area contributed by atoms with Crippen LogP contribution in [0.5, 0.6) is 0 Å². The molecule has 0 aromatic heterocycles. The van der Waals surface area contributed by atoms with E-state index in [-0.39, 0.29) is 6.10 Å². The molecule has 1 unspecified atom stereocenters. The van der Waals surface area contributed by atoms with Crippen LogP contribution in [0, 0.1) is 5.92 Å². The number of aliphatic hydroxyl groups is 1. The van der Waals surface area contributed by atoms with Gasteiger partial charge in [-0.25, -0.2) is 0 Å². The maximum Gasteiger partial charge on any atom is 0.0776 e. The predicted octanol–water partition coefficient (Wildman–Crippen LogP) is 2.21. The van der Waals surface area contributed by atoms with E-state index in [9.17, 15) is 5.11 Å². The van der Waals surface area contributed by atoms with Crippen LogP contribution in [0.3, 0.4) is 0 Å². The van der Waals surface area contributed by atoms with Gasteiger partial charge in [0.2, 0.25) is 0 Å². The second-order valence-corrected chi connectivity index (χ2v) is 5.91. The van der Waals surface area contributed by atoms with Crippen LogP contribution in [-0.2, 0) is 4.74 Å². The molecule has 0 amide bonds. The molecule has 2 aliphatic rings. The number of hydrogen-bond donors (Lipinski definition) is 2. The Bertz CT molecular complexity index is 208. The smallest absolute Gasteiger partial charge is 0.0776 e. The van der Waals surface area contributed by atoms with Crippen molar-refractivity contribution < 1.29 is 9.84 Å². The molecule has 17 heavy (non-hydrogen) atoms. The third-order valence-electron chi connectivity index (χ3n) is 4.32. The van der Waals surface area contributed by atoms with E-state index in [0.717, 1.165) is 38.0 Å². The molecule has 100 valence electrons. The molecule has 2 rings (SSSR count). The quantitative estimate of drug-likeness (QED) is 0.776. The molecule has 0 aromatic carbocycles. The minimum Gasteiger partial charge on any atom is -0.391 e. The fourth-order valence-electron chi connectivity index (χ4n) is 3.20. The van der Waals surface area contributed by atoms with Gasteiger partial charge in [0.25, 0.3) is 0 Å². The molecular weight excluding hydrogens is 214 g/mol. The number of ether oxygens (including phenoxy) is 1. The van der Waals surface area contributed by atoms with E-state index in [1.54, 1.807) is 0 Å². The van der Waals surface area contributed by atoms with Crippen molar-refractivity contribution in [2.24, 2.45) is 11.7 Å². The Labute approximate surface area is 105 Å². The lowest BCUT2D eigenvalue weighted by Gasteiger charge is -2.27. The highest BCUT2D eigenvalue weighted by molar-refractivity contribution is 4.75. The summed E-state index contributed by atoms with van der Waals surface area (Å²) in [6.07, 6.45) is 10.6. The molecule has 0 radical (unpaired) electrons. The lowest BCUT2D eigenvalue weighted by Crippen LogP contribution is -2.32. The molecule has 0 aromatic rings. The van der Waals surface area contributed by atoms with E-state index in [2.05, 4.69) is 0 Å². The summed E-state index contributed by atoms with van der Waals surface area (Å²) in [5.74, 6) is 0.744. The second kappa shape index (κ2) is 6.72. The maximum atomic E-state index is 9.94. The molecule has 1 atom stereocenters. The summed E-state index contributed by atoms with van der Waals surface area (Å²) >= 11 is 0. The number of nitrogens with two attached hydrogens (primary N) is 1. The van der Waals surface area contributed by atoms with Crippen LogP contribution in [0.15, 0.2) is 0 Å². The topological polar surface area (TPSA) is 55.5 Å². The van der Waals surface area contributed by atoms with Crippen LogP contribution in [0.1, 0.15) is 57.8 Å². The summed E-state index contributed by atoms with van der Waals surface area (Å²) in [4.78, 5) is 0. The van der Waals surface area contributed by atoms with Crippen molar-refractivity contribution in [1.29, 1.82) is 0 Å². The number of hydrogen-bond acceptors (Lipinski definition) is 3. The van der Waals surface area contributed by atoms with Gasteiger partial charge in [-0.3, -0.25) is 0 Å². The van der Waals surface area contributed by atoms with Crippen LogP contribution in [0.2, 0.25) is 0 Å². The Hall–Kier alpha value is -0.120. The van der Waals surface area contributed by atoms with E-state index >= 15 is 0 Å². The summed E-state index contributed by atoms with van der Waals surface area (Å²) in [6, 6.07) is 0.373. The Morgan fingerprint density at radius 3 is 2.35 bits per heavy atom. The molecule has 2 saturated carbocycles. The second-order valence-electron chi connectivity index (χ2n) is 5.91. The molecule has 3 nitrogen and oxygen atoms in total. The molecule has 2 aliphatic carbocycles. The van der Waals surface area contributed by atoms with Crippen LogP contribution in [-0.4, -0.2) is 30.0 Å². The largest absolute Gasteiger partial charge is 0.391 e. The van der Waals surface area contributed by atoms with E-state index in [4.69, 9.17) is 10.5 Å². The van der Waals surface area contributed by atoms with Crippen molar-refractivity contribution in [3.63, 3.8) is 0 Å². The molecule has 0 saturated heterocycles. The number of aliphatic hydroxyl groups excluding tert-OH is 1. The zero-order valence-corrected chi connectivity index (χ0v) is 10.8. The van der Waals surface area contributed by atoms with Crippen LogP contribution in [0.25, 0.3) is 0 Å². The van der Waals surface area contributed by atoms with Crippen molar-refractivity contribution >= 4 is 0 Å². The average Bonchev–Trinajstić information content (AvgIpc) is 2.81. The van der Waals surface area contributed by atoms with Crippen LogP contribution in [0.4, 0.5) is 0 Å². The summed E-state index contributed by atoms with van der Waals surface area (Å²) in [5.41, 5.74) is 5.86. The van der Waals surface area contributed by atoms with Gasteiger partial charge in [-0.1, -0.05) is 25.7 Å². The number of rotatable bonds is 5. The summed E-state index contributed by atoms with van der Waals surface area (Å²) in [6.45, 7) is 0.524. The minimum atomic E-state index is -0.256. The molecule has 0 bridgehead atoms. The van der Waals surface area contributed by atoms with E-state index in [1.807, 2.05) is 0 Å². The highest BCUT2D eigenvalue weighted by atomic mass is 16.5. The first-order valence-corrected chi connectivity index (χ1v) is 7.29. The van der Waals surface area contributed by atoms with Gasteiger partial charge in [-0.15, -0.1) is 0 Å². The van der Waals surface area contributed by atoms with E-state index in [0.29, 0.717) is 18.8 Å². The van der Waals surface area contributed by atoms with Crippen LogP contribution >= 0.6 is 0 Å². The summed E-state index contributed by atoms with van der Waals surface area (Å²) in [7, 11) is 0. The molecular formula is C14H27NO2. The van der Waals surface area contributed by atoms with Gasteiger partial charge in [-0.2, -0.15) is 0 Å². The predicted molar refractivity (Wildman–Crippen MR) is 68.8 cm³/mol. The fourth-order valence-corrected chi connectivity index (χ4v) is 3.20. The van der Waals surface area contributed by atoms with E-state index in [1.165, 1.54) is 25.7 Å². The van der Waals surface area contributed by atoms with E-state index < -0.39 is 0 Å². The Balaban J connectivity index is 1.57.